The largest absolute Gasteiger partial charge is 0.417 e. The summed E-state index contributed by atoms with van der Waals surface area (Å²) in [5.41, 5.74) is 0.681. The maximum absolute atomic E-state index is 10.7. The monoisotopic (exact) mass is 263 g/mol. The van der Waals surface area contributed by atoms with Gasteiger partial charge < -0.3 is 4.42 Å². The zero-order valence-corrected chi connectivity index (χ0v) is 7.79. The van der Waals surface area contributed by atoms with Crippen molar-refractivity contribution in [3.8, 4) is 0 Å². The van der Waals surface area contributed by atoms with Crippen LogP contribution in [0.5, 0.6) is 0 Å². The molecule has 1 aliphatic rings. The van der Waals surface area contributed by atoms with Gasteiger partial charge in [0.2, 0.25) is 0 Å². The Kier molecular flexibility index (Phi) is 1.63. The van der Waals surface area contributed by atoms with E-state index in [9.17, 15) is 4.79 Å². The zero-order chi connectivity index (χ0) is 7.84. The molecule has 2 rings (SSSR count). The summed E-state index contributed by atoms with van der Waals surface area (Å²) in [6, 6.07) is 0. The van der Waals surface area contributed by atoms with Gasteiger partial charge in [0.15, 0.2) is 5.42 Å². The third-order valence-electron chi connectivity index (χ3n) is 1.58. The van der Waals surface area contributed by atoms with Gasteiger partial charge in [-0.1, -0.05) is 28.7 Å². The van der Waals surface area contributed by atoms with Crippen LogP contribution in [0.4, 0.5) is 0 Å². The molecule has 1 atom stereocenters. The Morgan fingerprint density at radius 1 is 1.73 bits per heavy atom. The van der Waals surface area contributed by atoms with Crippen molar-refractivity contribution in [2.24, 2.45) is 0 Å². The Morgan fingerprint density at radius 2 is 2.55 bits per heavy atom. The van der Waals surface area contributed by atoms with Gasteiger partial charge in [0.1, 0.15) is 0 Å². The van der Waals surface area contributed by atoms with Crippen LogP contribution in [0.3, 0.4) is 0 Å². The van der Waals surface area contributed by atoms with E-state index in [1.54, 1.807) is 0 Å². The van der Waals surface area contributed by atoms with Crippen molar-refractivity contribution in [1.82, 2.24) is 4.98 Å². The normalized spacial score (nSPS) is 21.7. The highest BCUT2D eigenvalue weighted by molar-refractivity contribution is 14.1. The van der Waals surface area contributed by atoms with Crippen molar-refractivity contribution in [1.29, 1.82) is 0 Å². The maximum atomic E-state index is 10.7. The van der Waals surface area contributed by atoms with Crippen LogP contribution < -0.4 is 16.5 Å². The molecule has 0 saturated carbocycles. The highest BCUT2D eigenvalue weighted by Crippen LogP contribution is 2.08. The summed E-state index contributed by atoms with van der Waals surface area (Å²) >= 11 is 2.30. The highest BCUT2D eigenvalue weighted by Gasteiger charge is 2.05. The van der Waals surface area contributed by atoms with Gasteiger partial charge >= 0.3 is 5.76 Å². The fraction of sp³-hybridized carbons (Fsp3) is 0.286. The molecule has 1 N–H and O–H groups in total. The predicted octanol–water partition coefficient (Wildman–Crippen LogP) is -0.264. The number of rotatable bonds is 0. The van der Waals surface area contributed by atoms with E-state index >= 15 is 0 Å². The number of fused-ring (bicyclic) bond motifs is 1. The molecular weight excluding hydrogens is 257 g/mol. The first-order chi connectivity index (χ1) is 5.25. The summed E-state index contributed by atoms with van der Waals surface area (Å²) in [7, 11) is 0. The quantitative estimate of drug-likeness (QED) is 0.517. The van der Waals surface area contributed by atoms with Crippen LogP contribution in [0, 0.1) is 0 Å². The molecule has 1 aromatic rings. The first-order valence-electron chi connectivity index (χ1n) is 3.31. The molecule has 0 amide bonds. The molecule has 0 saturated heterocycles. The maximum Gasteiger partial charge on any atom is 0.417 e. The summed E-state index contributed by atoms with van der Waals surface area (Å²) in [6.07, 6.45) is 4.90. The lowest BCUT2D eigenvalue weighted by Crippen LogP contribution is -2.27. The number of nitrogens with one attached hydrogen (secondary N) is 1. The number of hydrogen-bond acceptors (Lipinski definition) is 2. The third kappa shape index (κ3) is 1.26. The van der Waals surface area contributed by atoms with Gasteiger partial charge in [0.05, 0.1) is 5.35 Å². The van der Waals surface area contributed by atoms with Crippen LogP contribution in [0.1, 0.15) is 6.42 Å². The molecule has 1 unspecified atom stereocenters. The number of aromatic nitrogens is 1. The third-order valence-corrected chi connectivity index (χ3v) is 2.45. The van der Waals surface area contributed by atoms with Crippen molar-refractivity contribution < 1.29 is 4.42 Å². The van der Waals surface area contributed by atoms with Gasteiger partial charge in [-0.15, -0.1) is 0 Å². The van der Waals surface area contributed by atoms with E-state index in [0.29, 0.717) is 9.34 Å². The van der Waals surface area contributed by atoms with E-state index in [4.69, 9.17) is 4.42 Å². The van der Waals surface area contributed by atoms with Crippen LogP contribution in [0.2, 0.25) is 0 Å². The fourth-order valence-corrected chi connectivity index (χ4v) is 1.67. The van der Waals surface area contributed by atoms with Crippen LogP contribution in [0.25, 0.3) is 12.2 Å². The first-order valence-corrected chi connectivity index (χ1v) is 4.55. The topological polar surface area (TPSA) is 46.0 Å². The second-order valence-corrected chi connectivity index (χ2v) is 4.01. The lowest BCUT2D eigenvalue weighted by Gasteiger charge is -1.99. The van der Waals surface area contributed by atoms with Gasteiger partial charge in [-0.25, -0.2) is 4.79 Å². The Balaban J connectivity index is 2.82. The summed E-state index contributed by atoms with van der Waals surface area (Å²) in [5.74, 6) is -0.368. The van der Waals surface area contributed by atoms with Crippen LogP contribution >= 0.6 is 22.6 Å². The van der Waals surface area contributed by atoms with Crippen molar-refractivity contribution in [2.75, 3.05) is 0 Å². The molecule has 3 nitrogen and oxygen atoms in total. The molecule has 1 aromatic heterocycles. The lowest BCUT2D eigenvalue weighted by molar-refractivity contribution is 0.484. The Labute approximate surface area is 75.9 Å². The number of oxazole rings is 1. The van der Waals surface area contributed by atoms with Crippen molar-refractivity contribution in [3.63, 3.8) is 0 Å². The van der Waals surface area contributed by atoms with Gasteiger partial charge in [0.25, 0.3) is 0 Å². The molecule has 1 heterocycles. The minimum atomic E-state index is -0.368. The second kappa shape index (κ2) is 2.51. The molecule has 0 fully saturated rings. The standard InChI is InChI=1S/C7H6INO2/c8-4-1-2-5-6(3-4)11-7(10)9-5/h2-4H,1H2,(H,9,10). The van der Waals surface area contributed by atoms with E-state index in [1.807, 2.05) is 12.2 Å². The molecule has 4 heteroatoms. The van der Waals surface area contributed by atoms with E-state index in [0.717, 1.165) is 11.8 Å². The minimum absolute atomic E-state index is 0.368. The average molecular weight is 263 g/mol. The van der Waals surface area contributed by atoms with Crippen molar-refractivity contribution in [3.05, 3.63) is 21.3 Å². The summed E-state index contributed by atoms with van der Waals surface area (Å²) < 4.78 is 5.32. The fourth-order valence-electron chi connectivity index (χ4n) is 1.09. The number of H-pyrrole nitrogens is 1. The lowest BCUT2D eigenvalue weighted by atomic mass is 10.2. The molecule has 58 valence electrons. The minimum Gasteiger partial charge on any atom is -0.408 e. The smallest absolute Gasteiger partial charge is 0.408 e. The van der Waals surface area contributed by atoms with Crippen LogP contribution in [0.15, 0.2) is 9.21 Å². The van der Waals surface area contributed by atoms with Gasteiger partial charge in [-0.05, 0) is 12.5 Å². The van der Waals surface area contributed by atoms with E-state index < -0.39 is 0 Å². The Morgan fingerprint density at radius 3 is 3.36 bits per heavy atom. The molecule has 0 aromatic carbocycles. The molecule has 0 spiro atoms. The van der Waals surface area contributed by atoms with E-state index in [-0.39, 0.29) is 5.76 Å². The second-order valence-electron chi connectivity index (χ2n) is 2.41. The predicted molar refractivity (Wildman–Crippen MR) is 49.9 cm³/mol. The molecule has 1 aliphatic carbocycles. The van der Waals surface area contributed by atoms with Gasteiger partial charge in [-0.2, -0.15) is 0 Å². The van der Waals surface area contributed by atoms with Crippen molar-refractivity contribution in [2.45, 2.75) is 10.3 Å². The van der Waals surface area contributed by atoms with E-state index in [1.165, 1.54) is 0 Å². The van der Waals surface area contributed by atoms with Gasteiger partial charge in [0, 0.05) is 3.92 Å². The SMILES string of the molecule is O=c1[nH]c2c(o1)=CC(I)CC=2. The molecule has 0 radical (unpaired) electrons. The number of aromatic amines is 1. The summed E-state index contributed by atoms with van der Waals surface area (Å²) in [5, 5.41) is 0.822. The Bertz CT molecular complexity index is 428. The highest BCUT2D eigenvalue weighted by atomic mass is 127. The van der Waals surface area contributed by atoms with Gasteiger partial charge in [-0.3, -0.25) is 4.98 Å². The molecule has 0 aliphatic heterocycles. The Hall–Kier alpha value is -0.520. The zero-order valence-electron chi connectivity index (χ0n) is 5.63. The number of halogens is 1. The summed E-state index contributed by atoms with van der Waals surface area (Å²) in [4.78, 5) is 13.3. The number of alkyl halides is 1. The summed E-state index contributed by atoms with van der Waals surface area (Å²) in [6.45, 7) is 0. The van der Waals surface area contributed by atoms with Crippen LogP contribution in [-0.4, -0.2) is 8.91 Å². The molecule has 0 bridgehead atoms. The number of hydrogen-bond donors (Lipinski definition) is 1. The first kappa shape index (κ1) is 7.15. The van der Waals surface area contributed by atoms with Crippen LogP contribution in [-0.2, 0) is 0 Å². The molecular formula is C7H6INO2. The van der Waals surface area contributed by atoms with E-state index in [2.05, 4.69) is 27.6 Å². The average Bonchev–Trinajstić information content (AvgIpc) is 2.27. The van der Waals surface area contributed by atoms with Crippen molar-refractivity contribution >= 4 is 34.7 Å². The molecule has 11 heavy (non-hydrogen) atoms.